The third-order valence-corrected chi connectivity index (χ3v) is 3.81. The minimum absolute atomic E-state index is 0.0680. The first-order chi connectivity index (χ1) is 13.7. The van der Waals surface area contributed by atoms with Gasteiger partial charge in [0.05, 0.1) is 0 Å². The Morgan fingerprint density at radius 2 is 1.72 bits per heavy atom. The molecule has 0 aliphatic carbocycles. The number of hydrogen-bond acceptors (Lipinski definition) is 5. The molecule has 0 saturated heterocycles. The molecule has 1 aromatic heterocycles. The number of benzene rings is 2. The summed E-state index contributed by atoms with van der Waals surface area (Å²) in [5.74, 6) is -3.00. The maximum Gasteiger partial charge on any atom is 0.433 e. The lowest BCUT2D eigenvalue weighted by molar-refractivity contribution is -0.140. The van der Waals surface area contributed by atoms with Crippen LogP contribution in [0.4, 0.5) is 13.2 Å². The van der Waals surface area contributed by atoms with Gasteiger partial charge in [-0.3, -0.25) is 9.59 Å². The average molecular weight is 406 g/mol. The van der Waals surface area contributed by atoms with Crippen LogP contribution in [0.1, 0.15) is 16.2 Å². The lowest BCUT2D eigenvalue weighted by Crippen LogP contribution is -2.30. The molecule has 0 radical (unpaired) electrons. The van der Waals surface area contributed by atoms with Gasteiger partial charge in [-0.1, -0.05) is 18.2 Å². The van der Waals surface area contributed by atoms with Crippen LogP contribution in [-0.4, -0.2) is 33.6 Å². The van der Waals surface area contributed by atoms with Crippen LogP contribution in [0.2, 0.25) is 0 Å². The first-order valence-corrected chi connectivity index (χ1v) is 8.13. The third kappa shape index (κ3) is 4.37. The topological polar surface area (TPSA) is 109 Å². The van der Waals surface area contributed by atoms with E-state index in [0.29, 0.717) is 5.75 Å². The summed E-state index contributed by atoms with van der Waals surface area (Å²) < 4.78 is 46.2. The van der Waals surface area contributed by atoms with Gasteiger partial charge in [-0.05, 0) is 30.3 Å². The van der Waals surface area contributed by atoms with Gasteiger partial charge in [0.15, 0.2) is 17.1 Å². The highest BCUT2D eigenvalue weighted by molar-refractivity contribution is 6.03. The second-order valence-corrected chi connectivity index (χ2v) is 5.85. The molecule has 150 valence electrons. The Bertz CT molecular complexity index is 1080. The second-order valence-electron chi connectivity index (χ2n) is 5.85. The van der Waals surface area contributed by atoms with E-state index in [1.54, 1.807) is 30.3 Å². The van der Waals surface area contributed by atoms with E-state index >= 15 is 0 Å². The fourth-order valence-electron chi connectivity index (χ4n) is 2.58. The Kier molecular flexibility index (Phi) is 5.26. The lowest BCUT2D eigenvalue weighted by Gasteiger charge is -2.15. The number of pyridine rings is 1. The molecule has 0 aliphatic heterocycles. The van der Waals surface area contributed by atoms with Gasteiger partial charge in [0.1, 0.15) is 18.0 Å². The number of nitrogens with zero attached hydrogens (tertiary/aromatic N) is 1. The number of aliphatic carboxylic acids is 1. The molecule has 0 bridgehead atoms. The highest BCUT2D eigenvalue weighted by Gasteiger charge is 2.37. The van der Waals surface area contributed by atoms with E-state index in [2.05, 4.69) is 4.98 Å². The number of carbonyl (C=O) groups is 2. The Morgan fingerprint density at radius 3 is 2.34 bits per heavy atom. The van der Waals surface area contributed by atoms with E-state index in [0.717, 1.165) is 12.1 Å². The van der Waals surface area contributed by atoms with E-state index in [9.17, 15) is 27.9 Å². The predicted octanol–water partition coefficient (Wildman–Crippen LogP) is 3.57. The van der Waals surface area contributed by atoms with E-state index in [-0.39, 0.29) is 11.1 Å². The fourth-order valence-corrected chi connectivity index (χ4v) is 2.58. The fraction of sp³-hybridized carbons (Fsp3) is 0.105. The van der Waals surface area contributed by atoms with Crippen molar-refractivity contribution in [3.8, 4) is 17.2 Å². The van der Waals surface area contributed by atoms with Crippen molar-refractivity contribution in [1.29, 1.82) is 0 Å². The van der Waals surface area contributed by atoms with Crippen LogP contribution in [0.25, 0.3) is 10.8 Å². The van der Waals surface area contributed by atoms with Gasteiger partial charge >= 0.3 is 12.1 Å². The average Bonchev–Trinajstić information content (AvgIpc) is 2.66. The van der Waals surface area contributed by atoms with Gasteiger partial charge in [-0.25, -0.2) is 4.98 Å². The number of rotatable bonds is 5. The number of aromatic hydroxyl groups is 1. The van der Waals surface area contributed by atoms with E-state index in [1.807, 2.05) is 5.32 Å². The van der Waals surface area contributed by atoms with Crippen molar-refractivity contribution >= 4 is 22.6 Å². The number of fused-ring (bicyclic) bond motifs is 1. The number of aromatic nitrogens is 1. The molecule has 3 aromatic rings. The van der Waals surface area contributed by atoms with Crippen LogP contribution >= 0.6 is 0 Å². The molecule has 29 heavy (non-hydrogen) atoms. The summed E-state index contributed by atoms with van der Waals surface area (Å²) in [4.78, 5) is 25.8. The van der Waals surface area contributed by atoms with Gasteiger partial charge in [-0.15, -0.1) is 0 Å². The molecule has 1 heterocycles. The van der Waals surface area contributed by atoms with Gasteiger partial charge in [0.25, 0.3) is 5.91 Å². The zero-order valence-corrected chi connectivity index (χ0v) is 14.5. The normalized spacial score (nSPS) is 11.3. The zero-order chi connectivity index (χ0) is 21.2. The Hall–Kier alpha value is -3.82. The molecule has 1 amide bonds. The van der Waals surface area contributed by atoms with Crippen molar-refractivity contribution in [3.63, 3.8) is 0 Å². The zero-order valence-electron chi connectivity index (χ0n) is 14.5. The summed E-state index contributed by atoms with van der Waals surface area (Å²) in [5.41, 5.74) is -2.34. The largest absolute Gasteiger partial charge is 0.505 e. The minimum Gasteiger partial charge on any atom is -0.505 e. The van der Waals surface area contributed by atoms with Gasteiger partial charge in [0, 0.05) is 10.8 Å². The molecule has 0 aliphatic rings. The van der Waals surface area contributed by atoms with Crippen LogP contribution in [0, 0.1) is 0 Å². The molecule has 0 atom stereocenters. The molecule has 3 N–H and O–H groups in total. The molecular weight excluding hydrogens is 393 g/mol. The second kappa shape index (κ2) is 7.66. The van der Waals surface area contributed by atoms with Crippen molar-refractivity contribution < 1.29 is 37.7 Å². The van der Waals surface area contributed by atoms with Crippen molar-refractivity contribution in [2.24, 2.45) is 0 Å². The Morgan fingerprint density at radius 1 is 1.03 bits per heavy atom. The minimum atomic E-state index is -4.95. The molecule has 7 nitrogen and oxygen atoms in total. The number of halogens is 3. The SMILES string of the molecule is O=C(O)CNC(=O)c1nc(C(F)(F)F)c2cc(Oc3ccccc3)ccc2c1O. The molecule has 0 spiro atoms. The highest BCUT2D eigenvalue weighted by Crippen LogP contribution is 2.40. The van der Waals surface area contributed by atoms with Crippen molar-refractivity contribution in [1.82, 2.24) is 10.3 Å². The lowest BCUT2D eigenvalue weighted by atomic mass is 10.1. The quantitative estimate of drug-likeness (QED) is 0.598. The van der Waals surface area contributed by atoms with Crippen LogP contribution in [0.5, 0.6) is 17.2 Å². The summed E-state index contributed by atoms with van der Waals surface area (Å²) in [7, 11) is 0. The van der Waals surface area contributed by atoms with Crippen molar-refractivity contribution in [2.45, 2.75) is 6.18 Å². The van der Waals surface area contributed by atoms with Crippen molar-refractivity contribution in [3.05, 3.63) is 59.9 Å². The van der Waals surface area contributed by atoms with Crippen LogP contribution in [-0.2, 0) is 11.0 Å². The standard InChI is InChI=1S/C19H13F3N2O5/c20-19(21,22)17-13-8-11(29-10-4-2-1-3-5-10)6-7-12(13)16(27)15(24-17)18(28)23-9-14(25)26/h1-8,27H,9H2,(H,23,28)(H,25,26). The summed E-state index contributed by atoms with van der Waals surface area (Å²) in [6.45, 7) is -0.844. The third-order valence-electron chi connectivity index (χ3n) is 3.81. The Balaban J connectivity index is 2.11. The van der Waals surface area contributed by atoms with Gasteiger partial charge in [0.2, 0.25) is 0 Å². The predicted molar refractivity (Wildman–Crippen MR) is 94.9 cm³/mol. The first-order valence-electron chi connectivity index (χ1n) is 8.13. The summed E-state index contributed by atoms with van der Waals surface area (Å²) in [6, 6.07) is 11.9. The summed E-state index contributed by atoms with van der Waals surface area (Å²) >= 11 is 0. The summed E-state index contributed by atoms with van der Waals surface area (Å²) in [6.07, 6.45) is -4.95. The van der Waals surface area contributed by atoms with E-state index in [4.69, 9.17) is 9.84 Å². The summed E-state index contributed by atoms with van der Waals surface area (Å²) in [5, 5.41) is 20.0. The van der Waals surface area contributed by atoms with Crippen LogP contribution in [0.3, 0.4) is 0 Å². The number of alkyl halides is 3. The van der Waals surface area contributed by atoms with E-state index < -0.39 is 47.1 Å². The molecular formula is C19H13F3N2O5. The molecule has 0 saturated carbocycles. The van der Waals surface area contributed by atoms with Crippen LogP contribution < -0.4 is 10.1 Å². The monoisotopic (exact) mass is 406 g/mol. The highest BCUT2D eigenvalue weighted by atomic mass is 19.4. The number of carboxylic acids is 1. The van der Waals surface area contributed by atoms with E-state index in [1.165, 1.54) is 6.07 Å². The Labute approximate surface area is 161 Å². The number of nitrogens with one attached hydrogen (secondary N) is 1. The number of amides is 1. The smallest absolute Gasteiger partial charge is 0.433 e. The first kappa shape index (κ1) is 19.9. The maximum absolute atomic E-state index is 13.6. The molecule has 3 rings (SSSR count). The van der Waals surface area contributed by atoms with Gasteiger partial charge < -0.3 is 20.3 Å². The number of carboxylic acid groups (broad SMARTS) is 1. The molecule has 2 aromatic carbocycles. The number of hydrogen-bond donors (Lipinski definition) is 3. The van der Waals surface area contributed by atoms with Crippen molar-refractivity contribution in [2.75, 3.05) is 6.54 Å². The molecule has 10 heteroatoms. The number of ether oxygens (including phenoxy) is 1. The maximum atomic E-state index is 13.6. The number of carbonyl (C=O) groups excluding carboxylic acids is 1. The molecule has 0 unspecified atom stereocenters. The van der Waals surface area contributed by atoms with Crippen LogP contribution in [0.15, 0.2) is 48.5 Å². The molecule has 0 fully saturated rings. The number of para-hydroxylation sites is 1. The van der Waals surface area contributed by atoms with Gasteiger partial charge in [-0.2, -0.15) is 13.2 Å².